The van der Waals surface area contributed by atoms with Crippen LogP contribution < -0.4 is 28.6 Å². The smallest absolute Gasteiger partial charge is 0.265 e. The lowest BCUT2D eigenvalue weighted by Gasteiger charge is -2.33. The Balaban J connectivity index is 2.22. The van der Waals surface area contributed by atoms with Gasteiger partial charge in [0.15, 0.2) is 11.5 Å². The van der Waals surface area contributed by atoms with E-state index >= 15 is 0 Å². The van der Waals surface area contributed by atoms with Crippen molar-refractivity contribution in [3.63, 3.8) is 0 Å². The van der Waals surface area contributed by atoms with E-state index in [9.17, 15) is 18.0 Å². The van der Waals surface area contributed by atoms with E-state index in [0.29, 0.717) is 28.6 Å². The average molecular weight is 683 g/mol. The molecule has 244 valence electrons. The third-order valence-electron chi connectivity index (χ3n) is 6.97. The minimum absolute atomic E-state index is 0.0375. The summed E-state index contributed by atoms with van der Waals surface area (Å²) in [4.78, 5) is 28.6. The van der Waals surface area contributed by atoms with E-state index < -0.39 is 34.4 Å². The van der Waals surface area contributed by atoms with Crippen LogP contribution in [0.25, 0.3) is 0 Å². The zero-order valence-electron chi connectivity index (χ0n) is 25.9. The van der Waals surface area contributed by atoms with E-state index in [1.807, 2.05) is 0 Å². The van der Waals surface area contributed by atoms with Crippen LogP contribution in [-0.2, 0) is 26.2 Å². The number of anilines is 1. The molecule has 3 rings (SSSR count). The number of nitrogens with one attached hydrogen (secondary N) is 1. The van der Waals surface area contributed by atoms with Gasteiger partial charge in [0.05, 0.1) is 39.0 Å². The first-order valence-corrected chi connectivity index (χ1v) is 16.1. The number of halogens is 2. The Hall–Kier alpha value is -3.87. The highest BCUT2D eigenvalue weighted by atomic mass is 35.5. The molecule has 0 unspecified atom stereocenters. The largest absolute Gasteiger partial charge is 0.497 e. The normalized spacial score (nSPS) is 11.7. The fraction of sp³-hybridized carbons (Fsp3) is 0.355. The molecule has 0 radical (unpaired) electrons. The molecule has 45 heavy (non-hydrogen) atoms. The van der Waals surface area contributed by atoms with Gasteiger partial charge in [-0.1, -0.05) is 36.2 Å². The van der Waals surface area contributed by atoms with Gasteiger partial charge in [0.25, 0.3) is 10.0 Å². The highest BCUT2D eigenvalue weighted by molar-refractivity contribution is 7.92. The molecule has 1 N–H and O–H groups in total. The second-order valence-electron chi connectivity index (χ2n) is 9.64. The van der Waals surface area contributed by atoms with Crippen LogP contribution in [-0.4, -0.2) is 72.7 Å². The standard InChI is InChI=1S/C31H37Cl2N3O8S/c1-7-25(31(38)34-8-2)35(18-20-9-10-21(32)15-24(20)33)30(37)19-36(26-16-22(41-3)11-13-27(26)42-4)45(39,40)23-12-14-28(43-5)29(17-23)44-6/h9-17,25H,7-8,18-19H2,1-6H3,(H,34,38)/t25-/m1/s1. The number of ether oxygens (including phenoxy) is 4. The maximum atomic E-state index is 14.4. The van der Waals surface area contributed by atoms with Gasteiger partial charge in [-0.05, 0) is 55.3 Å². The third-order valence-corrected chi connectivity index (χ3v) is 9.31. The van der Waals surface area contributed by atoms with E-state index in [1.165, 1.54) is 69.7 Å². The lowest BCUT2D eigenvalue weighted by Crippen LogP contribution is -2.52. The van der Waals surface area contributed by atoms with Crippen LogP contribution in [0.5, 0.6) is 23.0 Å². The molecule has 0 fully saturated rings. The minimum Gasteiger partial charge on any atom is -0.497 e. The van der Waals surface area contributed by atoms with E-state index in [0.717, 1.165) is 4.31 Å². The summed E-state index contributed by atoms with van der Waals surface area (Å²) in [5.74, 6) is -0.0969. The first-order valence-electron chi connectivity index (χ1n) is 13.9. The first kappa shape index (κ1) is 35.6. The maximum absolute atomic E-state index is 14.4. The lowest BCUT2D eigenvalue weighted by molar-refractivity contribution is -0.140. The highest BCUT2D eigenvalue weighted by Gasteiger charge is 2.35. The van der Waals surface area contributed by atoms with Gasteiger partial charge in [0.2, 0.25) is 11.8 Å². The van der Waals surface area contributed by atoms with Crippen LogP contribution in [0.1, 0.15) is 25.8 Å². The average Bonchev–Trinajstić information content (AvgIpc) is 3.03. The minimum atomic E-state index is -4.48. The molecule has 0 aromatic heterocycles. The van der Waals surface area contributed by atoms with Crippen molar-refractivity contribution in [1.82, 2.24) is 10.2 Å². The number of nitrogens with zero attached hydrogens (tertiary/aromatic N) is 2. The van der Waals surface area contributed by atoms with Crippen LogP contribution in [0.4, 0.5) is 5.69 Å². The summed E-state index contributed by atoms with van der Waals surface area (Å²) in [5, 5.41) is 3.44. The monoisotopic (exact) mass is 681 g/mol. The number of hydrogen-bond donors (Lipinski definition) is 1. The molecule has 0 heterocycles. The summed E-state index contributed by atoms with van der Waals surface area (Å²) in [5.41, 5.74) is 0.556. The third kappa shape index (κ3) is 8.24. The Morgan fingerprint density at radius 2 is 1.51 bits per heavy atom. The van der Waals surface area contributed by atoms with Gasteiger partial charge in [-0.3, -0.25) is 13.9 Å². The molecule has 0 saturated carbocycles. The first-order chi connectivity index (χ1) is 21.4. The van der Waals surface area contributed by atoms with Crippen molar-refractivity contribution in [1.29, 1.82) is 0 Å². The van der Waals surface area contributed by atoms with Crippen molar-refractivity contribution < 1.29 is 37.0 Å². The van der Waals surface area contributed by atoms with Crippen molar-refractivity contribution >= 4 is 50.7 Å². The number of benzene rings is 3. The lowest BCUT2D eigenvalue weighted by atomic mass is 10.1. The van der Waals surface area contributed by atoms with Crippen LogP contribution in [0, 0.1) is 0 Å². The SMILES string of the molecule is CCNC(=O)[C@@H](CC)N(Cc1ccc(Cl)cc1Cl)C(=O)CN(c1cc(OC)ccc1OC)S(=O)(=O)c1ccc(OC)c(OC)c1. The van der Waals surface area contributed by atoms with E-state index in [2.05, 4.69) is 5.32 Å². The van der Waals surface area contributed by atoms with Crippen LogP contribution >= 0.6 is 23.2 Å². The molecule has 14 heteroatoms. The molecule has 11 nitrogen and oxygen atoms in total. The molecular weight excluding hydrogens is 645 g/mol. The number of rotatable bonds is 15. The number of likely N-dealkylation sites (N-methyl/N-ethyl adjacent to an activating group) is 1. The fourth-order valence-electron chi connectivity index (χ4n) is 4.65. The summed E-state index contributed by atoms with van der Waals surface area (Å²) in [6.45, 7) is 3.05. The van der Waals surface area contributed by atoms with Gasteiger partial charge < -0.3 is 29.2 Å². The summed E-state index contributed by atoms with van der Waals surface area (Å²) < 4.78 is 51.2. The van der Waals surface area contributed by atoms with Gasteiger partial charge >= 0.3 is 0 Å². The summed E-state index contributed by atoms with van der Waals surface area (Å²) >= 11 is 12.6. The molecule has 3 aromatic rings. The van der Waals surface area contributed by atoms with Crippen LogP contribution in [0.15, 0.2) is 59.5 Å². The quantitative estimate of drug-likeness (QED) is 0.233. The second-order valence-corrected chi connectivity index (χ2v) is 12.3. The summed E-state index contributed by atoms with van der Waals surface area (Å²) in [6, 6.07) is 12.5. The van der Waals surface area contributed by atoms with Gasteiger partial charge in [-0.25, -0.2) is 8.42 Å². The molecule has 0 bridgehead atoms. The summed E-state index contributed by atoms with van der Waals surface area (Å²) in [6.07, 6.45) is 0.244. The molecule has 0 aliphatic carbocycles. The number of hydrogen-bond acceptors (Lipinski definition) is 8. The predicted octanol–water partition coefficient (Wildman–Crippen LogP) is 5.17. The number of carbonyl (C=O) groups is 2. The molecule has 1 atom stereocenters. The Labute approximate surface area is 274 Å². The highest BCUT2D eigenvalue weighted by Crippen LogP contribution is 2.38. The Morgan fingerprint density at radius 1 is 0.844 bits per heavy atom. The Bertz CT molecular complexity index is 1620. The molecule has 2 amide bonds. The van der Waals surface area contributed by atoms with Crippen LogP contribution in [0.3, 0.4) is 0 Å². The molecule has 0 spiro atoms. The van der Waals surface area contributed by atoms with E-state index in [4.69, 9.17) is 42.1 Å². The van der Waals surface area contributed by atoms with Gasteiger partial charge in [-0.15, -0.1) is 0 Å². The molecule has 3 aromatic carbocycles. The molecule has 0 aliphatic rings. The zero-order valence-corrected chi connectivity index (χ0v) is 28.3. The topological polar surface area (TPSA) is 124 Å². The molecule has 0 saturated heterocycles. The maximum Gasteiger partial charge on any atom is 0.265 e. The van der Waals surface area contributed by atoms with E-state index in [1.54, 1.807) is 32.0 Å². The van der Waals surface area contributed by atoms with Crippen molar-refractivity contribution in [2.45, 2.75) is 37.8 Å². The number of amides is 2. The van der Waals surface area contributed by atoms with Crippen molar-refractivity contribution in [2.75, 3.05) is 45.8 Å². The Morgan fingerprint density at radius 3 is 2.09 bits per heavy atom. The van der Waals surface area contributed by atoms with Crippen molar-refractivity contribution in [3.8, 4) is 23.0 Å². The fourth-order valence-corrected chi connectivity index (χ4v) is 6.55. The summed E-state index contributed by atoms with van der Waals surface area (Å²) in [7, 11) is 1.14. The number of carbonyl (C=O) groups excluding carboxylic acids is 2. The van der Waals surface area contributed by atoms with Gasteiger partial charge in [0.1, 0.15) is 24.1 Å². The Kier molecular flexibility index (Phi) is 12.6. The van der Waals surface area contributed by atoms with Crippen molar-refractivity contribution in [2.24, 2.45) is 0 Å². The predicted molar refractivity (Wildman–Crippen MR) is 173 cm³/mol. The second kappa shape index (κ2) is 15.9. The number of sulfonamides is 1. The molecule has 0 aliphatic heterocycles. The molecular formula is C31H37Cl2N3O8S. The number of methoxy groups -OCH3 is 4. The van der Waals surface area contributed by atoms with Crippen LogP contribution in [0.2, 0.25) is 10.0 Å². The van der Waals surface area contributed by atoms with Gasteiger partial charge in [-0.2, -0.15) is 0 Å². The van der Waals surface area contributed by atoms with Crippen molar-refractivity contribution in [3.05, 3.63) is 70.2 Å². The van der Waals surface area contributed by atoms with E-state index in [-0.39, 0.29) is 40.1 Å². The van der Waals surface area contributed by atoms with Gasteiger partial charge in [0, 0.05) is 35.3 Å². The zero-order chi connectivity index (χ0) is 33.3.